The Kier molecular flexibility index (Phi) is 3.91. The maximum absolute atomic E-state index is 11.7. The van der Waals surface area contributed by atoms with Crippen LogP contribution < -0.4 is 4.18 Å². The highest BCUT2D eigenvalue weighted by atomic mass is 32.3. The fourth-order valence-corrected chi connectivity index (χ4v) is 1.92. The van der Waals surface area contributed by atoms with E-state index in [1.54, 1.807) is 0 Å². The third-order valence-electron chi connectivity index (χ3n) is 2.47. The Hall–Kier alpha value is -2.46. The van der Waals surface area contributed by atoms with E-state index in [1.165, 1.54) is 0 Å². The zero-order chi connectivity index (χ0) is 15.6. The van der Waals surface area contributed by atoms with Crippen molar-refractivity contribution in [3.8, 4) is 5.75 Å². The number of carbonyl (C=O) groups excluding carboxylic acids is 3. The minimum Gasteiger partial charge on any atom is -0.362 e. The molecule has 0 spiro atoms. The molecule has 1 aliphatic heterocycles. The first kappa shape index (κ1) is 14.9. The predicted octanol–water partition coefficient (Wildman–Crippen LogP) is 0.0890. The van der Waals surface area contributed by atoms with Crippen molar-refractivity contribution in [3.05, 3.63) is 29.8 Å². The third-order valence-corrected chi connectivity index (χ3v) is 2.87. The minimum absolute atomic E-state index is 0.0206. The summed E-state index contributed by atoms with van der Waals surface area (Å²) in [7, 11) is -4.66. The van der Waals surface area contributed by atoms with Crippen LogP contribution in [0.5, 0.6) is 5.75 Å². The Morgan fingerprint density at radius 1 is 1.10 bits per heavy atom. The van der Waals surface area contributed by atoms with Crippen molar-refractivity contribution in [1.82, 2.24) is 5.06 Å². The number of hydrogen-bond donors (Lipinski definition) is 1. The normalized spacial score (nSPS) is 15.2. The van der Waals surface area contributed by atoms with Crippen molar-refractivity contribution in [3.63, 3.8) is 0 Å². The monoisotopic (exact) mass is 315 g/mol. The fourth-order valence-electron chi connectivity index (χ4n) is 1.56. The van der Waals surface area contributed by atoms with Gasteiger partial charge in [0.2, 0.25) is 0 Å². The first-order valence-corrected chi connectivity index (χ1v) is 6.98. The van der Waals surface area contributed by atoms with Crippen LogP contribution in [0, 0.1) is 0 Å². The second-order valence-electron chi connectivity index (χ2n) is 4.00. The summed E-state index contributed by atoms with van der Waals surface area (Å²) in [5.74, 6) is -2.40. The largest absolute Gasteiger partial charge is 0.446 e. The molecule has 0 aromatic heterocycles. The highest BCUT2D eigenvalue weighted by Crippen LogP contribution is 2.17. The zero-order valence-electron chi connectivity index (χ0n) is 10.4. The Morgan fingerprint density at radius 2 is 1.62 bits per heavy atom. The average molecular weight is 315 g/mol. The van der Waals surface area contributed by atoms with Crippen LogP contribution in [-0.4, -0.2) is 35.8 Å². The molecule has 1 saturated heterocycles. The van der Waals surface area contributed by atoms with Gasteiger partial charge < -0.3 is 9.02 Å². The van der Waals surface area contributed by atoms with Crippen LogP contribution in [0.25, 0.3) is 0 Å². The molecule has 21 heavy (non-hydrogen) atoms. The van der Waals surface area contributed by atoms with Gasteiger partial charge in [-0.15, -0.1) is 5.06 Å². The van der Waals surface area contributed by atoms with Crippen LogP contribution in [0.4, 0.5) is 0 Å². The van der Waals surface area contributed by atoms with E-state index in [0.717, 1.165) is 24.3 Å². The van der Waals surface area contributed by atoms with Gasteiger partial charge in [0.25, 0.3) is 11.8 Å². The fraction of sp³-hybridized carbons (Fsp3) is 0.182. The molecule has 2 amide bonds. The molecule has 2 rings (SSSR count). The van der Waals surface area contributed by atoms with E-state index in [4.69, 9.17) is 4.55 Å². The number of carbonyl (C=O) groups is 3. The van der Waals surface area contributed by atoms with Gasteiger partial charge in [0.15, 0.2) is 0 Å². The molecule has 1 aromatic rings. The van der Waals surface area contributed by atoms with E-state index < -0.39 is 28.2 Å². The molecule has 9 nitrogen and oxygen atoms in total. The van der Waals surface area contributed by atoms with Gasteiger partial charge in [-0.1, -0.05) is 0 Å². The van der Waals surface area contributed by atoms with Gasteiger partial charge in [0.1, 0.15) is 5.75 Å². The van der Waals surface area contributed by atoms with Crippen LogP contribution in [0.1, 0.15) is 23.2 Å². The maximum Gasteiger partial charge on any atom is 0.446 e. The number of amides is 2. The van der Waals surface area contributed by atoms with Crippen LogP contribution >= 0.6 is 0 Å². The molecule has 0 saturated carbocycles. The third kappa shape index (κ3) is 3.77. The van der Waals surface area contributed by atoms with E-state index in [1.807, 2.05) is 0 Å². The van der Waals surface area contributed by atoms with Gasteiger partial charge in [-0.3, -0.25) is 14.1 Å². The van der Waals surface area contributed by atoms with Gasteiger partial charge in [-0.05, 0) is 24.3 Å². The molecule has 1 aliphatic rings. The van der Waals surface area contributed by atoms with Crippen molar-refractivity contribution in [2.45, 2.75) is 12.8 Å². The smallest absolute Gasteiger partial charge is 0.362 e. The molecule has 1 fully saturated rings. The summed E-state index contributed by atoms with van der Waals surface area (Å²) >= 11 is 0. The lowest BCUT2D eigenvalue weighted by Crippen LogP contribution is -2.32. The summed E-state index contributed by atoms with van der Waals surface area (Å²) in [6.45, 7) is 0. The lowest BCUT2D eigenvalue weighted by Gasteiger charge is -2.12. The van der Waals surface area contributed by atoms with Crippen molar-refractivity contribution >= 4 is 28.2 Å². The summed E-state index contributed by atoms with van der Waals surface area (Å²) in [5.41, 5.74) is -0.0369. The molecule has 0 unspecified atom stereocenters. The van der Waals surface area contributed by atoms with Crippen LogP contribution in [0.3, 0.4) is 0 Å². The van der Waals surface area contributed by atoms with E-state index in [9.17, 15) is 22.8 Å². The molecule has 0 bridgehead atoms. The average Bonchev–Trinajstić information content (AvgIpc) is 2.69. The van der Waals surface area contributed by atoms with Crippen LogP contribution in [0.2, 0.25) is 0 Å². The summed E-state index contributed by atoms with van der Waals surface area (Å²) < 4.78 is 33.6. The Balaban J connectivity index is 2.06. The van der Waals surface area contributed by atoms with Crippen LogP contribution in [-0.2, 0) is 24.8 Å². The second kappa shape index (κ2) is 5.50. The first-order valence-electron chi connectivity index (χ1n) is 5.61. The summed E-state index contributed by atoms with van der Waals surface area (Å²) in [6.07, 6.45) is -0.0412. The van der Waals surface area contributed by atoms with Crippen molar-refractivity contribution in [1.29, 1.82) is 0 Å². The zero-order valence-corrected chi connectivity index (χ0v) is 11.2. The van der Waals surface area contributed by atoms with Crippen molar-refractivity contribution < 1.29 is 36.4 Å². The highest BCUT2D eigenvalue weighted by molar-refractivity contribution is 7.81. The lowest BCUT2D eigenvalue weighted by molar-refractivity contribution is -0.172. The number of hydroxylamine groups is 2. The summed E-state index contributed by atoms with van der Waals surface area (Å²) in [6, 6.07) is 4.48. The van der Waals surface area contributed by atoms with Gasteiger partial charge in [-0.25, -0.2) is 4.79 Å². The minimum atomic E-state index is -4.66. The first-order chi connectivity index (χ1) is 9.76. The quantitative estimate of drug-likeness (QED) is 0.611. The van der Waals surface area contributed by atoms with Gasteiger partial charge in [0, 0.05) is 12.8 Å². The molecule has 1 N–H and O–H groups in total. The molecule has 1 heterocycles. The molecular formula is C11H9NO8S. The Bertz CT molecular complexity index is 677. The molecule has 0 aliphatic carbocycles. The van der Waals surface area contributed by atoms with E-state index in [0.29, 0.717) is 5.06 Å². The predicted molar refractivity (Wildman–Crippen MR) is 65.1 cm³/mol. The van der Waals surface area contributed by atoms with E-state index in [2.05, 4.69) is 9.02 Å². The Morgan fingerprint density at radius 3 is 2.10 bits per heavy atom. The number of rotatable bonds is 4. The van der Waals surface area contributed by atoms with Crippen molar-refractivity contribution in [2.24, 2.45) is 0 Å². The number of hydrogen-bond acceptors (Lipinski definition) is 7. The second-order valence-corrected chi connectivity index (χ2v) is 5.02. The standard InChI is InChI=1S/C11H9NO8S/c13-9-5-6-10(14)12(9)19-11(15)7-1-3-8(4-2-7)20-21(16,17)18/h1-4H,5-6H2,(H,16,17,18). The SMILES string of the molecule is O=C(ON1C(=O)CCC1=O)c1ccc(OS(=O)(=O)O)cc1. The molecular weight excluding hydrogens is 306 g/mol. The topological polar surface area (TPSA) is 127 Å². The molecule has 0 radical (unpaired) electrons. The summed E-state index contributed by atoms with van der Waals surface area (Å²) in [4.78, 5) is 38.9. The molecule has 10 heteroatoms. The van der Waals surface area contributed by atoms with E-state index >= 15 is 0 Å². The van der Waals surface area contributed by atoms with Gasteiger partial charge >= 0.3 is 16.4 Å². The van der Waals surface area contributed by atoms with Gasteiger partial charge in [0.05, 0.1) is 5.56 Å². The molecule has 1 aromatic carbocycles. The maximum atomic E-state index is 11.7. The van der Waals surface area contributed by atoms with Gasteiger partial charge in [-0.2, -0.15) is 8.42 Å². The lowest BCUT2D eigenvalue weighted by atomic mass is 10.2. The number of nitrogens with zero attached hydrogens (tertiary/aromatic N) is 1. The number of imide groups is 1. The highest BCUT2D eigenvalue weighted by Gasteiger charge is 2.33. The number of benzene rings is 1. The van der Waals surface area contributed by atoms with E-state index in [-0.39, 0.29) is 24.2 Å². The summed E-state index contributed by atoms with van der Waals surface area (Å²) in [5, 5.41) is 0.394. The molecule has 0 atom stereocenters. The van der Waals surface area contributed by atoms with Crippen molar-refractivity contribution in [2.75, 3.05) is 0 Å². The Labute approximate surface area is 119 Å². The van der Waals surface area contributed by atoms with Crippen LogP contribution in [0.15, 0.2) is 24.3 Å². The molecule has 112 valence electrons.